The molecule has 1 heterocycles. The van der Waals surface area contributed by atoms with E-state index in [-0.39, 0.29) is 5.78 Å². The number of aliphatic imine (C=N–C) groups is 1. The first-order chi connectivity index (χ1) is 10.6. The number of nitrogens with two attached hydrogens (primary N) is 1. The molecule has 118 valence electrons. The van der Waals surface area contributed by atoms with Gasteiger partial charge in [-0.15, -0.1) is 0 Å². The summed E-state index contributed by atoms with van der Waals surface area (Å²) in [5.41, 5.74) is 5.82. The van der Waals surface area contributed by atoms with E-state index in [1.165, 1.54) is 0 Å². The Morgan fingerprint density at radius 1 is 1.55 bits per heavy atom. The van der Waals surface area contributed by atoms with E-state index in [0.717, 1.165) is 12.0 Å². The second-order valence-electron chi connectivity index (χ2n) is 5.71. The van der Waals surface area contributed by atoms with Crippen LogP contribution in [-0.4, -0.2) is 37.5 Å². The number of halogens is 1. The van der Waals surface area contributed by atoms with Crippen LogP contribution in [0.15, 0.2) is 29.3 Å². The summed E-state index contributed by atoms with van der Waals surface area (Å²) in [6.07, 6.45) is 1.67. The molecular formula is C16H19ClN2O3. The summed E-state index contributed by atoms with van der Waals surface area (Å²) in [6, 6.07) is 6.86. The van der Waals surface area contributed by atoms with E-state index in [9.17, 15) is 4.79 Å². The van der Waals surface area contributed by atoms with Gasteiger partial charge in [-0.1, -0.05) is 29.8 Å². The van der Waals surface area contributed by atoms with Gasteiger partial charge in [-0.05, 0) is 25.3 Å². The number of rotatable bonds is 4. The highest BCUT2D eigenvalue weighted by molar-refractivity contribution is 6.32. The highest BCUT2D eigenvalue weighted by Crippen LogP contribution is 2.44. The fraction of sp³-hybridized carbons (Fsp3) is 0.500. The van der Waals surface area contributed by atoms with Gasteiger partial charge in [0.25, 0.3) is 0 Å². The maximum absolute atomic E-state index is 12.8. The topological polar surface area (TPSA) is 73.9 Å². The van der Waals surface area contributed by atoms with Gasteiger partial charge in [-0.25, -0.2) is 4.99 Å². The Hall–Kier alpha value is -1.43. The molecule has 0 aromatic heterocycles. The molecule has 1 saturated carbocycles. The molecule has 22 heavy (non-hydrogen) atoms. The van der Waals surface area contributed by atoms with Crippen LogP contribution in [0.4, 0.5) is 0 Å². The lowest BCUT2D eigenvalue weighted by molar-refractivity contribution is -0.137. The predicted molar refractivity (Wildman–Crippen MR) is 84.1 cm³/mol. The lowest BCUT2D eigenvalue weighted by Crippen LogP contribution is -2.54. The molecule has 1 aliphatic carbocycles. The normalized spacial score (nSPS) is 28.8. The zero-order chi connectivity index (χ0) is 15.7. The van der Waals surface area contributed by atoms with Gasteiger partial charge in [0, 0.05) is 17.7 Å². The Morgan fingerprint density at radius 2 is 2.32 bits per heavy atom. The number of ketones is 1. The molecule has 6 heteroatoms. The van der Waals surface area contributed by atoms with Crippen LogP contribution in [0.3, 0.4) is 0 Å². The summed E-state index contributed by atoms with van der Waals surface area (Å²) < 4.78 is 10.8. The second kappa shape index (κ2) is 5.99. The van der Waals surface area contributed by atoms with Crippen molar-refractivity contribution < 1.29 is 14.3 Å². The Bertz CT molecular complexity index is 619. The van der Waals surface area contributed by atoms with Gasteiger partial charge in [0.15, 0.2) is 11.6 Å². The average Bonchev–Trinajstić information content (AvgIpc) is 2.48. The Labute approximate surface area is 134 Å². The summed E-state index contributed by atoms with van der Waals surface area (Å²) in [6.45, 7) is 0.290. The van der Waals surface area contributed by atoms with E-state index >= 15 is 0 Å². The number of hydrogen-bond acceptors (Lipinski definition) is 5. The monoisotopic (exact) mass is 322 g/mol. The van der Waals surface area contributed by atoms with E-state index in [0.29, 0.717) is 30.4 Å². The Balaban J connectivity index is 2.10. The average molecular weight is 323 g/mol. The number of carbonyl (C=O) groups is 1. The smallest absolute Gasteiger partial charge is 0.205 e. The molecule has 3 rings (SSSR count). The summed E-state index contributed by atoms with van der Waals surface area (Å²) >= 11 is 6.33. The molecule has 1 fully saturated rings. The molecule has 3 atom stereocenters. The largest absolute Gasteiger partial charge is 0.468 e. The summed E-state index contributed by atoms with van der Waals surface area (Å²) in [4.78, 5) is 17.5. The van der Waals surface area contributed by atoms with E-state index in [4.69, 9.17) is 26.8 Å². The number of methoxy groups -OCH3 is 1. The minimum absolute atomic E-state index is 0.0276. The minimum Gasteiger partial charge on any atom is -0.468 e. The van der Waals surface area contributed by atoms with Crippen LogP contribution < -0.4 is 5.73 Å². The molecular weight excluding hydrogens is 304 g/mol. The third-order valence-electron chi connectivity index (χ3n) is 4.25. The Kier molecular flexibility index (Phi) is 4.21. The molecule has 1 aromatic rings. The van der Waals surface area contributed by atoms with Crippen molar-refractivity contribution in [3.63, 3.8) is 0 Å². The van der Waals surface area contributed by atoms with Crippen LogP contribution >= 0.6 is 11.6 Å². The van der Waals surface area contributed by atoms with Crippen LogP contribution in [0.1, 0.15) is 24.8 Å². The van der Waals surface area contributed by atoms with E-state index in [1.54, 1.807) is 13.2 Å². The van der Waals surface area contributed by atoms with Gasteiger partial charge in [0.1, 0.15) is 6.04 Å². The summed E-state index contributed by atoms with van der Waals surface area (Å²) in [7, 11) is 1.57. The third kappa shape index (κ3) is 2.43. The molecule has 0 spiro atoms. The second-order valence-corrected chi connectivity index (χ2v) is 6.12. The zero-order valence-corrected chi connectivity index (χ0v) is 13.2. The standard InChI is InChI=1S/C16H19ClN2O3/c1-21-9-12(18)15-19-16(10-5-2-3-6-11(10)17)8-4-7-13(22-15)14(16)20/h2-3,5-6,12-13H,4,7-9,18H2,1H3/t12-,13-,16?/m0/s1. The van der Waals surface area contributed by atoms with Crippen LogP contribution in [0.25, 0.3) is 0 Å². The van der Waals surface area contributed by atoms with Crippen molar-refractivity contribution in [3.05, 3.63) is 34.9 Å². The number of carbonyl (C=O) groups excluding carboxylic acids is 1. The van der Waals surface area contributed by atoms with Gasteiger partial charge in [-0.3, -0.25) is 4.79 Å². The molecule has 1 aromatic carbocycles. The molecule has 2 aliphatic rings. The van der Waals surface area contributed by atoms with Crippen molar-refractivity contribution >= 4 is 23.3 Å². The zero-order valence-electron chi connectivity index (χ0n) is 12.4. The number of ether oxygens (including phenoxy) is 2. The summed E-state index contributed by atoms with van der Waals surface area (Å²) in [5.74, 6) is 0.353. The SMILES string of the molecule is COC[C@H](N)C1=NC2(c3ccccc3Cl)CCC[C@H](O1)C2=O. The number of hydrogen-bond donors (Lipinski definition) is 1. The van der Waals surface area contributed by atoms with Crippen LogP contribution in [0, 0.1) is 0 Å². The molecule has 1 unspecified atom stereocenters. The van der Waals surface area contributed by atoms with Crippen molar-refractivity contribution in [2.45, 2.75) is 36.9 Å². The first-order valence-corrected chi connectivity index (χ1v) is 7.76. The highest BCUT2D eigenvalue weighted by atomic mass is 35.5. The van der Waals surface area contributed by atoms with Crippen LogP contribution in [-0.2, 0) is 19.8 Å². The van der Waals surface area contributed by atoms with Crippen LogP contribution in [0.5, 0.6) is 0 Å². The lowest BCUT2D eigenvalue weighted by Gasteiger charge is -2.42. The minimum atomic E-state index is -0.972. The fourth-order valence-electron chi connectivity index (χ4n) is 3.19. The molecule has 2 N–H and O–H groups in total. The van der Waals surface area contributed by atoms with Gasteiger partial charge in [-0.2, -0.15) is 0 Å². The van der Waals surface area contributed by atoms with Gasteiger partial charge in [0.2, 0.25) is 11.7 Å². The molecule has 0 amide bonds. The predicted octanol–water partition coefficient (Wildman–Crippen LogP) is 2.06. The van der Waals surface area contributed by atoms with Crippen molar-refractivity contribution in [3.8, 4) is 0 Å². The molecule has 0 saturated heterocycles. The molecule has 1 aliphatic heterocycles. The van der Waals surface area contributed by atoms with Crippen molar-refractivity contribution in [1.29, 1.82) is 0 Å². The van der Waals surface area contributed by atoms with Crippen molar-refractivity contribution in [2.24, 2.45) is 10.7 Å². The van der Waals surface area contributed by atoms with Gasteiger partial charge >= 0.3 is 0 Å². The van der Waals surface area contributed by atoms with E-state index < -0.39 is 17.7 Å². The first kappa shape index (κ1) is 15.5. The van der Waals surface area contributed by atoms with Gasteiger partial charge < -0.3 is 15.2 Å². The quantitative estimate of drug-likeness (QED) is 0.920. The molecule has 2 bridgehead atoms. The van der Waals surface area contributed by atoms with Crippen molar-refractivity contribution in [2.75, 3.05) is 13.7 Å². The lowest BCUT2D eigenvalue weighted by atomic mass is 9.74. The maximum Gasteiger partial charge on any atom is 0.205 e. The number of fused-ring (bicyclic) bond motifs is 2. The van der Waals surface area contributed by atoms with Crippen molar-refractivity contribution in [1.82, 2.24) is 0 Å². The number of nitrogens with zero attached hydrogens (tertiary/aromatic N) is 1. The third-order valence-corrected chi connectivity index (χ3v) is 4.58. The van der Waals surface area contributed by atoms with Gasteiger partial charge in [0.05, 0.1) is 6.61 Å². The molecule has 0 radical (unpaired) electrons. The van der Waals surface area contributed by atoms with E-state index in [1.807, 2.05) is 18.2 Å². The first-order valence-electron chi connectivity index (χ1n) is 7.39. The van der Waals surface area contributed by atoms with Crippen LogP contribution in [0.2, 0.25) is 5.02 Å². The summed E-state index contributed by atoms with van der Waals surface area (Å²) in [5, 5.41) is 0.543. The number of Topliss-reactive ketones (excluding diaryl/α,β-unsaturated/α-hetero) is 1. The number of benzene rings is 1. The maximum atomic E-state index is 12.8. The van der Waals surface area contributed by atoms with E-state index in [2.05, 4.69) is 4.99 Å². The fourth-order valence-corrected chi connectivity index (χ4v) is 3.49. The highest BCUT2D eigenvalue weighted by Gasteiger charge is 2.52. The Morgan fingerprint density at radius 3 is 3.05 bits per heavy atom. The molecule has 5 nitrogen and oxygen atoms in total.